The van der Waals surface area contributed by atoms with Crippen molar-refractivity contribution >= 4 is 17.0 Å². The van der Waals surface area contributed by atoms with Gasteiger partial charge in [-0.15, -0.1) is 0 Å². The minimum absolute atomic E-state index is 0.189. The third-order valence-corrected chi connectivity index (χ3v) is 4.47. The van der Waals surface area contributed by atoms with Crippen LogP contribution in [0.1, 0.15) is 44.1 Å². The van der Waals surface area contributed by atoms with Crippen molar-refractivity contribution in [3.05, 3.63) is 35.6 Å². The zero-order valence-electron chi connectivity index (χ0n) is 13.9. The number of hydrogen-bond acceptors (Lipinski definition) is 3. The van der Waals surface area contributed by atoms with Gasteiger partial charge in [0.2, 0.25) is 0 Å². The highest BCUT2D eigenvalue weighted by Crippen LogP contribution is 2.29. The summed E-state index contributed by atoms with van der Waals surface area (Å²) in [5.74, 6) is 0.798. The molecule has 0 saturated carbocycles. The Morgan fingerprint density at radius 3 is 2.83 bits per heavy atom. The molecule has 1 aliphatic rings. The molecule has 2 atom stereocenters. The zero-order valence-corrected chi connectivity index (χ0v) is 13.9. The van der Waals surface area contributed by atoms with Crippen molar-refractivity contribution in [2.24, 2.45) is 0 Å². The summed E-state index contributed by atoms with van der Waals surface area (Å²) in [5, 5.41) is 7.09. The average molecular weight is 316 g/mol. The first-order chi connectivity index (χ1) is 11.0. The molecule has 1 unspecified atom stereocenters. The Balaban J connectivity index is 1.69. The maximum atomic E-state index is 12.3. The van der Waals surface area contributed by atoms with E-state index in [-0.39, 0.29) is 17.6 Å². The fraction of sp³-hybridized carbons (Fsp3) is 0.500. The second kappa shape index (κ2) is 6.24. The van der Waals surface area contributed by atoms with Crippen LogP contribution in [-0.2, 0) is 4.74 Å². The van der Waals surface area contributed by atoms with Crippen LogP contribution in [-0.4, -0.2) is 24.8 Å². The lowest BCUT2D eigenvalue weighted by atomic mass is 9.95. The smallest absolute Gasteiger partial charge is 0.315 e. The van der Waals surface area contributed by atoms with Gasteiger partial charge in [0.25, 0.3) is 0 Å². The van der Waals surface area contributed by atoms with Gasteiger partial charge in [-0.2, -0.15) is 0 Å². The number of fused-ring (bicyclic) bond motifs is 1. The average Bonchev–Trinajstić information content (AvgIpc) is 2.85. The molecule has 5 heteroatoms. The molecule has 3 rings (SSSR count). The van der Waals surface area contributed by atoms with E-state index in [2.05, 4.69) is 10.6 Å². The number of rotatable bonds is 3. The summed E-state index contributed by atoms with van der Waals surface area (Å²) in [7, 11) is 0. The number of aryl methyl sites for hydroxylation is 1. The third-order valence-electron chi connectivity index (χ3n) is 4.47. The maximum Gasteiger partial charge on any atom is 0.315 e. The number of urea groups is 1. The van der Waals surface area contributed by atoms with Crippen LogP contribution in [0.4, 0.5) is 4.79 Å². The molecule has 124 valence electrons. The van der Waals surface area contributed by atoms with Gasteiger partial charge >= 0.3 is 6.03 Å². The van der Waals surface area contributed by atoms with E-state index in [1.807, 2.05) is 45.0 Å². The summed E-state index contributed by atoms with van der Waals surface area (Å²) in [4.78, 5) is 12.3. The van der Waals surface area contributed by atoms with Crippen molar-refractivity contribution < 1.29 is 13.9 Å². The van der Waals surface area contributed by atoms with Gasteiger partial charge in [0.15, 0.2) is 0 Å². The largest absolute Gasteiger partial charge is 0.459 e. The molecule has 1 saturated heterocycles. The molecule has 1 aromatic carbocycles. The van der Waals surface area contributed by atoms with Crippen molar-refractivity contribution in [1.29, 1.82) is 0 Å². The van der Waals surface area contributed by atoms with E-state index in [0.717, 1.165) is 41.7 Å². The van der Waals surface area contributed by atoms with Crippen LogP contribution in [0, 0.1) is 6.92 Å². The van der Waals surface area contributed by atoms with Crippen LogP contribution in [0.5, 0.6) is 0 Å². The monoisotopic (exact) mass is 316 g/mol. The molecule has 2 heterocycles. The van der Waals surface area contributed by atoms with E-state index < -0.39 is 0 Å². The number of nitrogens with one attached hydrogen (secondary N) is 2. The number of benzene rings is 1. The van der Waals surface area contributed by atoms with Gasteiger partial charge in [-0.1, -0.05) is 18.2 Å². The van der Waals surface area contributed by atoms with E-state index in [0.29, 0.717) is 6.61 Å². The summed E-state index contributed by atoms with van der Waals surface area (Å²) in [6.45, 7) is 7.30. The van der Waals surface area contributed by atoms with Crippen LogP contribution in [0.3, 0.4) is 0 Å². The normalized spacial score (nSPS) is 22.7. The fourth-order valence-electron chi connectivity index (χ4n) is 3.21. The van der Waals surface area contributed by atoms with E-state index >= 15 is 0 Å². The Bertz CT molecular complexity index is 701. The van der Waals surface area contributed by atoms with E-state index in [1.54, 1.807) is 0 Å². The number of ether oxygens (including phenoxy) is 1. The molecular formula is C18H24N2O3. The predicted molar refractivity (Wildman–Crippen MR) is 89.5 cm³/mol. The van der Waals surface area contributed by atoms with Crippen molar-refractivity contribution in [2.75, 3.05) is 13.2 Å². The lowest BCUT2D eigenvalue weighted by Gasteiger charge is -2.34. The van der Waals surface area contributed by atoms with E-state index in [9.17, 15) is 4.79 Å². The fourth-order valence-corrected chi connectivity index (χ4v) is 3.21. The first-order valence-electron chi connectivity index (χ1n) is 8.13. The van der Waals surface area contributed by atoms with Crippen molar-refractivity contribution in [2.45, 2.75) is 45.2 Å². The molecule has 0 radical (unpaired) electrons. The summed E-state index contributed by atoms with van der Waals surface area (Å²) < 4.78 is 11.4. The van der Waals surface area contributed by atoms with Gasteiger partial charge in [-0.3, -0.25) is 0 Å². The second-order valence-electron chi connectivity index (χ2n) is 6.62. The first kappa shape index (κ1) is 15.9. The van der Waals surface area contributed by atoms with Crippen LogP contribution < -0.4 is 10.6 Å². The lowest BCUT2D eigenvalue weighted by molar-refractivity contribution is 0.0331. The maximum absolute atomic E-state index is 12.3. The van der Waals surface area contributed by atoms with Gasteiger partial charge in [-0.05, 0) is 39.7 Å². The Morgan fingerprint density at radius 1 is 1.35 bits per heavy atom. The lowest BCUT2D eigenvalue weighted by Crippen LogP contribution is -2.54. The highest BCUT2D eigenvalue weighted by molar-refractivity contribution is 5.82. The molecule has 2 aromatic rings. The Labute approximate surface area is 136 Å². The minimum Gasteiger partial charge on any atom is -0.459 e. The third kappa shape index (κ3) is 3.34. The van der Waals surface area contributed by atoms with E-state index in [1.165, 1.54) is 0 Å². The molecular weight excluding hydrogens is 292 g/mol. The summed E-state index contributed by atoms with van der Waals surface area (Å²) >= 11 is 0. The highest BCUT2D eigenvalue weighted by atomic mass is 16.5. The number of hydrogen-bond donors (Lipinski definition) is 2. The first-order valence-corrected chi connectivity index (χ1v) is 8.13. The van der Waals surface area contributed by atoms with Crippen LogP contribution in [0.25, 0.3) is 11.0 Å². The molecule has 0 bridgehead atoms. The molecule has 0 aliphatic carbocycles. The summed E-state index contributed by atoms with van der Waals surface area (Å²) in [6.07, 6.45) is 1.90. The minimum atomic E-state index is -0.301. The number of para-hydroxylation sites is 1. The molecule has 2 amide bonds. The molecule has 1 fully saturated rings. The van der Waals surface area contributed by atoms with Crippen LogP contribution >= 0.6 is 0 Å². The SMILES string of the molecule is Cc1c([C@H](C)NC(=O)NC2(C)CCCOC2)oc2ccccc12. The topological polar surface area (TPSA) is 63.5 Å². The van der Waals surface area contributed by atoms with Crippen LogP contribution in [0.2, 0.25) is 0 Å². The summed E-state index contributed by atoms with van der Waals surface area (Å²) in [6, 6.07) is 7.53. The van der Waals surface area contributed by atoms with Gasteiger partial charge in [0.1, 0.15) is 11.3 Å². The predicted octanol–water partition coefficient (Wildman–Crippen LogP) is 3.67. The number of carbonyl (C=O) groups is 1. The van der Waals surface area contributed by atoms with Gasteiger partial charge in [0.05, 0.1) is 18.2 Å². The number of carbonyl (C=O) groups excluding carboxylic acids is 1. The second-order valence-corrected chi connectivity index (χ2v) is 6.62. The van der Waals surface area contributed by atoms with Crippen molar-refractivity contribution in [3.63, 3.8) is 0 Å². The van der Waals surface area contributed by atoms with Gasteiger partial charge < -0.3 is 19.8 Å². The van der Waals surface area contributed by atoms with E-state index in [4.69, 9.17) is 9.15 Å². The van der Waals surface area contributed by atoms with Gasteiger partial charge in [0, 0.05) is 17.6 Å². The van der Waals surface area contributed by atoms with Gasteiger partial charge in [-0.25, -0.2) is 4.79 Å². The molecule has 2 N–H and O–H groups in total. The highest BCUT2D eigenvalue weighted by Gasteiger charge is 2.30. The standard InChI is InChI=1S/C18H24N2O3/c1-12-14-7-4-5-8-15(14)23-16(12)13(2)19-17(21)20-18(3)9-6-10-22-11-18/h4-5,7-8,13H,6,9-11H2,1-3H3,(H2,19,20,21)/t13-,18?/m0/s1. The molecule has 23 heavy (non-hydrogen) atoms. The molecule has 1 aromatic heterocycles. The van der Waals surface area contributed by atoms with Crippen LogP contribution in [0.15, 0.2) is 28.7 Å². The zero-order chi connectivity index (χ0) is 16.4. The summed E-state index contributed by atoms with van der Waals surface area (Å²) in [5.41, 5.74) is 1.62. The number of furan rings is 1. The van der Waals surface area contributed by atoms with Crippen molar-refractivity contribution in [3.8, 4) is 0 Å². The quantitative estimate of drug-likeness (QED) is 0.908. The number of amides is 2. The van der Waals surface area contributed by atoms with Crippen molar-refractivity contribution in [1.82, 2.24) is 10.6 Å². The Hall–Kier alpha value is -2.01. The molecule has 1 aliphatic heterocycles. The molecule has 0 spiro atoms. The Morgan fingerprint density at radius 2 is 2.13 bits per heavy atom. The molecule has 5 nitrogen and oxygen atoms in total. The Kier molecular flexibility index (Phi) is 4.31.